The zero-order valence-electron chi connectivity index (χ0n) is 18.8. The predicted molar refractivity (Wildman–Crippen MR) is 136 cm³/mol. The van der Waals surface area contributed by atoms with Crippen LogP contribution >= 0.6 is 23.5 Å². The second kappa shape index (κ2) is 9.47. The van der Waals surface area contributed by atoms with Gasteiger partial charge in [-0.25, -0.2) is 4.98 Å². The van der Waals surface area contributed by atoms with Crippen molar-refractivity contribution in [1.29, 1.82) is 0 Å². The highest BCUT2D eigenvalue weighted by Gasteiger charge is 2.36. The van der Waals surface area contributed by atoms with Crippen molar-refractivity contribution in [3.8, 4) is 0 Å². The third kappa shape index (κ3) is 4.89. The number of hydrogen-bond acceptors (Lipinski definition) is 7. The Morgan fingerprint density at radius 2 is 1.94 bits per heavy atom. The summed E-state index contributed by atoms with van der Waals surface area (Å²) in [5.41, 5.74) is 2.75. The van der Waals surface area contributed by atoms with Gasteiger partial charge in [0, 0.05) is 23.4 Å². The van der Waals surface area contributed by atoms with E-state index in [9.17, 15) is 14.4 Å². The monoisotopic (exact) mass is 504 g/mol. The van der Waals surface area contributed by atoms with Crippen LogP contribution in [-0.4, -0.2) is 38.0 Å². The molecule has 1 fully saturated rings. The molecule has 2 aromatic carbocycles. The SMILES string of the molecule is CC(C)N1C(=O)S/C(=C\c2ccc(Sc3nc4ccc(NC(=O)c5ccccc5)cc4[nH]3)o2)C1=O. The maximum Gasteiger partial charge on any atom is 0.293 e. The number of carbonyl (C=O) groups excluding carboxylic acids is 3. The van der Waals surface area contributed by atoms with E-state index in [0.29, 0.717) is 32.2 Å². The van der Waals surface area contributed by atoms with Gasteiger partial charge in [-0.1, -0.05) is 18.2 Å². The van der Waals surface area contributed by atoms with E-state index in [2.05, 4.69) is 15.3 Å². The van der Waals surface area contributed by atoms with Crippen LogP contribution in [0.25, 0.3) is 17.1 Å². The van der Waals surface area contributed by atoms with Crippen molar-refractivity contribution in [3.05, 3.63) is 76.9 Å². The van der Waals surface area contributed by atoms with Crippen LogP contribution in [0.3, 0.4) is 0 Å². The number of hydrogen-bond donors (Lipinski definition) is 2. The molecule has 2 aromatic heterocycles. The molecule has 5 rings (SSSR count). The van der Waals surface area contributed by atoms with Gasteiger partial charge in [-0.05, 0) is 79.8 Å². The van der Waals surface area contributed by atoms with Crippen molar-refractivity contribution in [2.75, 3.05) is 5.32 Å². The summed E-state index contributed by atoms with van der Waals surface area (Å²) in [6, 6.07) is 17.8. The van der Waals surface area contributed by atoms with Gasteiger partial charge in [0.1, 0.15) is 5.76 Å². The lowest BCUT2D eigenvalue weighted by molar-refractivity contribution is -0.123. The van der Waals surface area contributed by atoms with Crippen LogP contribution in [0.4, 0.5) is 10.5 Å². The molecule has 0 aliphatic carbocycles. The summed E-state index contributed by atoms with van der Waals surface area (Å²) in [7, 11) is 0. The van der Waals surface area contributed by atoms with Gasteiger partial charge in [0.25, 0.3) is 17.1 Å². The lowest BCUT2D eigenvalue weighted by Gasteiger charge is -2.16. The van der Waals surface area contributed by atoms with E-state index in [1.807, 2.05) is 30.3 Å². The van der Waals surface area contributed by atoms with Crippen LogP contribution in [0, 0.1) is 0 Å². The van der Waals surface area contributed by atoms with Crippen molar-refractivity contribution >= 4 is 63.4 Å². The largest absolute Gasteiger partial charge is 0.450 e. The maximum absolute atomic E-state index is 12.5. The van der Waals surface area contributed by atoms with Gasteiger partial charge in [-0.3, -0.25) is 19.3 Å². The number of aromatic nitrogens is 2. The lowest BCUT2D eigenvalue weighted by Crippen LogP contribution is -2.34. The average molecular weight is 505 g/mol. The molecule has 0 atom stereocenters. The molecule has 8 nitrogen and oxygen atoms in total. The number of imide groups is 1. The van der Waals surface area contributed by atoms with Gasteiger partial charge in [0.2, 0.25) is 0 Å². The number of rotatable bonds is 6. The highest BCUT2D eigenvalue weighted by atomic mass is 32.2. The van der Waals surface area contributed by atoms with Crippen molar-refractivity contribution in [1.82, 2.24) is 14.9 Å². The van der Waals surface area contributed by atoms with Crippen LogP contribution in [0.5, 0.6) is 0 Å². The first-order valence-electron chi connectivity index (χ1n) is 10.8. The Kier molecular flexibility index (Phi) is 6.23. The summed E-state index contributed by atoms with van der Waals surface area (Å²) >= 11 is 2.20. The van der Waals surface area contributed by atoms with Crippen LogP contribution in [-0.2, 0) is 4.79 Å². The zero-order valence-corrected chi connectivity index (χ0v) is 20.4. The molecule has 0 spiro atoms. The number of anilines is 1. The summed E-state index contributed by atoms with van der Waals surface area (Å²) in [5, 5.41) is 3.81. The van der Waals surface area contributed by atoms with Gasteiger partial charge in [0.15, 0.2) is 10.2 Å². The number of furan rings is 1. The summed E-state index contributed by atoms with van der Waals surface area (Å²) in [6.07, 6.45) is 1.58. The molecule has 3 amide bonds. The fourth-order valence-electron chi connectivity index (χ4n) is 3.52. The Hall–Kier alpha value is -3.76. The number of benzene rings is 2. The molecule has 0 saturated carbocycles. The van der Waals surface area contributed by atoms with Gasteiger partial charge in [-0.2, -0.15) is 0 Å². The Morgan fingerprint density at radius 3 is 2.69 bits per heavy atom. The molecule has 4 aromatic rings. The minimum atomic E-state index is -0.312. The minimum absolute atomic E-state index is 0.187. The molecule has 35 heavy (non-hydrogen) atoms. The first-order chi connectivity index (χ1) is 16.9. The number of H-pyrrole nitrogens is 1. The third-order valence-corrected chi connectivity index (χ3v) is 6.86. The van der Waals surface area contributed by atoms with E-state index >= 15 is 0 Å². The number of imidazole rings is 1. The Balaban J connectivity index is 1.29. The predicted octanol–water partition coefficient (Wildman–Crippen LogP) is 6.00. The molecule has 3 heterocycles. The number of nitrogens with zero attached hydrogens (tertiary/aromatic N) is 2. The molecule has 1 aliphatic rings. The number of fused-ring (bicyclic) bond motifs is 1. The molecule has 2 N–H and O–H groups in total. The summed E-state index contributed by atoms with van der Waals surface area (Å²) in [4.78, 5) is 46.3. The van der Waals surface area contributed by atoms with E-state index in [0.717, 1.165) is 22.8 Å². The molecule has 176 valence electrons. The van der Waals surface area contributed by atoms with Crippen LogP contribution in [0.15, 0.2) is 80.2 Å². The Labute approximate surface area is 209 Å². The highest BCUT2D eigenvalue weighted by Crippen LogP contribution is 2.35. The number of nitrogens with one attached hydrogen (secondary N) is 2. The highest BCUT2D eigenvalue weighted by molar-refractivity contribution is 8.18. The van der Waals surface area contributed by atoms with E-state index in [4.69, 9.17) is 4.42 Å². The molecular formula is C25H20N4O4S2. The molecule has 1 saturated heterocycles. The summed E-state index contributed by atoms with van der Waals surface area (Å²) in [6.45, 7) is 3.60. The van der Waals surface area contributed by atoms with Crippen molar-refractivity contribution in [3.63, 3.8) is 0 Å². The van der Waals surface area contributed by atoms with Gasteiger partial charge >= 0.3 is 0 Å². The van der Waals surface area contributed by atoms with Gasteiger partial charge in [0.05, 0.1) is 15.9 Å². The number of thioether (sulfide) groups is 1. The smallest absolute Gasteiger partial charge is 0.293 e. The van der Waals surface area contributed by atoms with Crippen LogP contribution < -0.4 is 5.32 Å². The van der Waals surface area contributed by atoms with Crippen molar-refractivity contribution in [2.45, 2.75) is 30.1 Å². The molecule has 0 bridgehead atoms. The van der Waals surface area contributed by atoms with Gasteiger partial charge in [-0.15, -0.1) is 0 Å². The third-order valence-electron chi connectivity index (χ3n) is 5.17. The second-order valence-electron chi connectivity index (χ2n) is 8.00. The lowest BCUT2D eigenvalue weighted by atomic mass is 10.2. The number of carbonyl (C=O) groups is 3. The van der Waals surface area contributed by atoms with Crippen molar-refractivity contribution < 1.29 is 18.8 Å². The van der Waals surface area contributed by atoms with E-state index in [1.54, 1.807) is 50.3 Å². The molecule has 10 heteroatoms. The average Bonchev–Trinajstić information content (AvgIpc) is 3.51. The molecule has 0 radical (unpaired) electrons. The fraction of sp³-hybridized carbons (Fsp3) is 0.120. The Morgan fingerprint density at radius 1 is 1.14 bits per heavy atom. The standard InChI is InChI=1S/C25H20N4O4S2/c1-14(2)29-23(31)20(34-25(29)32)13-17-9-11-21(33-17)35-24-27-18-10-8-16(12-19(18)28-24)26-22(30)15-6-4-3-5-7-15/h3-14H,1-2H3,(H,26,30)(H,27,28)/b20-13-. The van der Waals surface area contributed by atoms with Crippen molar-refractivity contribution in [2.24, 2.45) is 0 Å². The van der Waals surface area contributed by atoms with Gasteiger partial charge < -0.3 is 14.7 Å². The topological polar surface area (TPSA) is 108 Å². The number of amides is 3. The molecule has 1 aliphatic heterocycles. The first kappa shape index (κ1) is 23.0. The number of aromatic amines is 1. The zero-order chi connectivity index (χ0) is 24.5. The minimum Gasteiger partial charge on any atom is -0.450 e. The summed E-state index contributed by atoms with van der Waals surface area (Å²) < 4.78 is 5.82. The van der Waals surface area contributed by atoms with Crippen LogP contribution in [0.1, 0.15) is 30.0 Å². The van der Waals surface area contributed by atoms with E-state index in [1.165, 1.54) is 16.7 Å². The quantitative estimate of drug-likeness (QED) is 0.310. The fourth-order valence-corrected chi connectivity index (χ4v) is 5.23. The van der Waals surface area contributed by atoms with E-state index in [-0.39, 0.29) is 23.1 Å². The molecular weight excluding hydrogens is 484 g/mol. The molecule has 0 unspecified atom stereocenters. The Bertz CT molecular complexity index is 1470. The maximum atomic E-state index is 12.5. The summed E-state index contributed by atoms with van der Waals surface area (Å²) in [5.74, 6) is -0.0229. The second-order valence-corrected chi connectivity index (χ2v) is 9.98. The first-order valence-corrected chi connectivity index (χ1v) is 12.4. The van der Waals surface area contributed by atoms with Crippen LogP contribution in [0.2, 0.25) is 0 Å². The normalized spacial score (nSPS) is 15.1. The van der Waals surface area contributed by atoms with E-state index < -0.39 is 0 Å².